The summed E-state index contributed by atoms with van der Waals surface area (Å²) in [6.45, 7) is 11.2. The molecule has 1 rings (SSSR count). The predicted octanol–water partition coefficient (Wildman–Crippen LogP) is 2.04. The highest BCUT2D eigenvalue weighted by Crippen LogP contribution is 2.05. The van der Waals surface area contributed by atoms with E-state index in [4.69, 9.17) is 9.15 Å². The fourth-order valence-corrected chi connectivity index (χ4v) is 1.34. The lowest BCUT2D eigenvalue weighted by molar-refractivity contribution is 0.132. The lowest BCUT2D eigenvalue weighted by Crippen LogP contribution is -2.21. The molecule has 1 aromatic heterocycles. The molecule has 6 heteroatoms. The van der Waals surface area contributed by atoms with Crippen molar-refractivity contribution in [2.24, 2.45) is 5.92 Å². The number of anilines is 1. The van der Waals surface area contributed by atoms with Crippen molar-refractivity contribution >= 4 is 6.01 Å². The molecule has 0 saturated heterocycles. The Labute approximate surface area is 115 Å². The van der Waals surface area contributed by atoms with Crippen LogP contribution >= 0.6 is 0 Å². The summed E-state index contributed by atoms with van der Waals surface area (Å²) < 4.78 is 10.9. The van der Waals surface area contributed by atoms with Gasteiger partial charge in [-0.25, -0.2) is 0 Å². The van der Waals surface area contributed by atoms with Crippen LogP contribution in [0.1, 0.15) is 40.0 Å². The molecule has 0 spiro atoms. The molecule has 0 atom stereocenters. The van der Waals surface area contributed by atoms with E-state index in [1.807, 2.05) is 0 Å². The minimum Gasteiger partial charge on any atom is -0.407 e. The smallest absolute Gasteiger partial charge is 0.315 e. The molecule has 1 aromatic rings. The molecule has 2 N–H and O–H groups in total. The molecule has 0 aliphatic carbocycles. The Hall–Kier alpha value is -1.14. The van der Waals surface area contributed by atoms with Crippen LogP contribution < -0.4 is 10.6 Å². The summed E-state index contributed by atoms with van der Waals surface area (Å²) in [7, 11) is 0. The van der Waals surface area contributed by atoms with Gasteiger partial charge in [-0.3, -0.25) is 0 Å². The molecule has 0 fully saturated rings. The maximum atomic E-state index is 5.49. The average Bonchev–Trinajstić information content (AvgIpc) is 2.78. The SMILES string of the molecule is CC(C)CCOCCNc1nnc(CNC(C)C)o1. The molecule has 0 amide bonds. The number of ether oxygens (including phenoxy) is 1. The minimum atomic E-state index is 0.401. The first-order valence-electron chi connectivity index (χ1n) is 6.95. The molecule has 0 saturated carbocycles. The van der Waals surface area contributed by atoms with Gasteiger partial charge in [-0.1, -0.05) is 32.8 Å². The molecule has 110 valence electrons. The molecule has 1 heterocycles. The Morgan fingerprint density at radius 3 is 2.63 bits per heavy atom. The molecule has 0 radical (unpaired) electrons. The van der Waals surface area contributed by atoms with Crippen LogP contribution in [0.2, 0.25) is 0 Å². The van der Waals surface area contributed by atoms with Gasteiger partial charge < -0.3 is 19.8 Å². The predicted molar refractivity (Wildman–Crippen MR) is 75.0 cm³/mol. The van der Waals surface area contributed by atoms with Crippen LogP contribution in [0.25, 0.3) is 0 Å². The van der Waals surface area contributed by atoms with E-state index in [-0.39, 0.29) is 0 Å². The van der Waals surface area contributed by atoms with Crippen molar-refractivity contribution in [3.63, 3.8) is 0 Å². The van der Waals surface area contributed by atoms with Gasteiger partial charge in [0, 0.05) is 19.2 Å². The topological polar surface area (TPSA) is 72.2 Å². The molecule has 0 bridgehead atoms. The van der Waals surface area contributed by atoms with E-state index in [1.54, 1.807) is 0 Å². The maximum absolute atomic E-state index is 5.49. The van der Waals surface area contributed by atoms with Gasteiger partial charge in [0.1, 0.15) is 0 Å². The van der Waals surface area contributed by atoms with Crippen LogP contribution in [0.5, 0.6) is 0 Å². The summed E-state index contributed by atoms with van der Waals surface area (Å²) in [4.78, 5) is 0. The number of hydrogen-bond donors (Lipinski definition) is 2. The molecule has 0 aromatic carbocycles. The molecule has 6 nitrogen and oxygen atoms in total. The number of aromatic nitrogens is 2. The Morgan fingerprint density at radius 1 is 1.16 bits per heavy atom. The average molecular weight is 270 g/mol. The fraction of sp³-hybridized carbons (Fsp3) is 0.846. The number of nitrogens with zero attached hydrogens (tertiary/aromatic N) is 2. The minimum absolute atomic E-state index is 0.401. The fourth-order valence-electron chi connectivity index (χ4n) is 1.34. The molecule has 0 aliphatic rings. The summed E-state index contributed by atoms with van der Waals surface area (Å²) >= 11 is 0. The quantitative estimate of drug-likeness (QED) is 0.634. The van der Waals surface area contributed by atoms with Crippen LogP contribution in [0.4, 0.5) is 6.01 Å². The van der Waals surface area contributed by atoms with Gasteiger partial charge in [-0.05, 0) is 12.3 Å². The summed E-state index contributed by atoms with van der Waals surface area (Å²) in [6.07, 6.45) is 1.09. The summed E-state index contributed by atoms with van der Waals surface area (Å²) in [6, 6.07) is 0.852. The van der Waals surface area contributed by atoms with Gasteiger partial charge in [-0.2, -0.15) is 0 Å². The highest BCUT2D eigenvalue weighted by Gasteiger charge is 2.05. The van der Waals surface area contributed by atoms with Gasteiger partial charge in [0.05, 0.1) is 13.2 Å². The second kappa shape index (κ2) is 8.87. The third kappa shape index (κ3) is 7.79. The van der Waals surface area contributed by atoms with Crippen molar-refractivity contribution in [2.75, 3.05) is 25.1 Å². The number of hydrogen-bond acceptors (Lipinski definition) is 6. The van der Waals surface area contributed by atoms with Crippen molar-refractivity contribution in [3.8, 4) is 0 Å². The van der Waals surface area contributed by atoms with Crippen molar-refractivity contribution in [1.82, 2.24) is 15.5 Å². The second-order valence-electron chi connectivity index (χ2n) is 5.26. The van der Waals surface area contributed by atoms with Gasteiger partial charge in [0.25, 0.3) is 0 Å². The maximum Gasteiger partial charge on any atom is 0.315 e. The highest BCUT2D eigenvalue weighted by molar-refractivity contribution is 5.16. The van der Waals surface area contributed by atoms with Crippen molar-refractivity contribution in [2.45, 2.75) is 46.7 Å². The van der Waals surface area contributed by atoms with E-state index in [0.717, 1.165) is 13.0 Å². The van der Waals surface area contributed by atoms with E-state index in [9.17, 15) is 0 Å². The molecular weight excluding hydrogens is 244 g/mol. The van der Waals surface area contributed by atoms with E-state index >= 15 is 0 Å². The van der Waals surface area contributed by atoms with Crippen molar-refractivity contribution < 1.29 is 9.15 Å². The third-order valence-electron chi connectivity index (χ3n) is 2.49. The standard InChI is InChI=1S/C13H26N4O2/c1-10(2)5-7-18-8-6-14-13-17-16-12(19-13)9-15-11(3)4/h10-11,15H,5-9H2,1-4H3,(H,14,17). The zero-order valence-electron chi connectivity index (χ0n) is 12.4. The van der Waals surface area contributed by atoms with Gasteiger partial charge in [-0.15, -0.1) is 5.10 Å². The monoisotopic (exact) mass is 270 g/mol. The Balaban J connectivity index is 2.09. The Kier molecular flexibility index (Phi) is 7.43. The first kappa shape index (κ1) is 15.9. The zero-order chi connectivity index (χ0) is 14.1. The molecule has 19 heavy (non-hydrogen) atoms. The second-order valence-corrected chi connectivity index (χ2v) is 5.26. The summed E-state index contributed by atoms with van der Waals surface area (Å²) in [5, 5.41) is 14.1. The third-order valence-corrected chi connectivity index (χ3v) is 2.49. The Bertz CT molecular complexity index is 339. The van der Waals surface area contributed by atoms with Crippen LogP contribution in [0.15, 0.2) is 4.42 Å². The van der Waals surface area contributed by atoms with E-state index in [0.29, 0.717) is 43.6 Å². The van der Waals surface area contributed by atoms with E-state index in [1.165, 1.54) is 0 Å². The normalized spacial score (nSPS) is 11.5. The Morgan fingerprint density at radius 2 is 1.95 bits per heavy atom. The largest absolute Gasteiger partial charge is 0.407 e. The summed E-state index contributed by atoms with van der Waals surface area (Å²) in [5.41, 5.74) is 0. The lowest BCUT2D eigenvalue weighted by atomic mass is 10.1. The highest BCUT2D eigenvalue weighted by atomic mass is 16.5. The molecule has 0 unspecified atom stereocenters. The van der Waals surface area contributed by atoms with E-state index < -0.39 is 0 Å². The molecular formula is C13H26N4O2. The molecule has 0 aliphatic heterocycles. The number of rotatable bonds is 10. The van der Waals surface area contributed by atoms with Crippen LogP contribution in [-0.2, 0) is 11.3 Å². The van der Waals surface area contributed by atoms with E-state index in [2.05, 4.69) is 48.5 Å². The van der Waals surface area contributed by atoms with Crippen molar-refractivity contribution in [3.05, 3.63) is 5.89 Å². The van der Waals surface area contributed by atoms with Crippen LogP contribution in [0.3, 0.4) is 0 Å². The van der Waals surface area contributed by atoms with Crippen LogP contribution in [-0.4, -0.2) is 36.0 Å². The van der Waals surface area contributed by atoms with Gasteiger partial charge in [0.15, 0.2) is 0 Å². The van der Waals surface area contributed by atoms with Crippen molar-refractivity contribution in [1.29, 1.82) is 0 Å². The summed E-state index contributed by atoms with van der Waals surface area (Å²) in [5.74, 6) is 1.27. The van der Waals surface area contributed by atoms with Gasteiger partial charge >= 0.3 is 6.01 Å². The number of nitrogens with one attached hydrogen (secondary N) is 2. The van der Waals surface area contributed by atoms with Crippen LogP contribution in [0, 0.1) is 5.92 Å². The first-order valence-corrected chi connectivity index (χ1v) is 6.95. The first-order chi connectivity index (χ1) is 9.08. The zero-order valence-corrected chi connectivity index (χ0v) is 12.4. The van der Waals surface area contributed by atoms with Gasteiger partial charge in [0.2, 0.25) is 5.89 Å². The lowest BCUT2D eigenvalue weighted by Gasteiger charge is -2.06.